The number of hydrogen-bond donors (Lipinski definition) is 0. The van der Waals surface area contributed by atoms with Gasteiger partial charge in [0.1, 0.15) is 0 Å². The van der Waals surface area contributed by atoms with Gasteiger partial charge in [0.2, 0.25) is 0 Å². The fourth-order valence-electron chi connectivity index (χ4n) is 2.54. The molecule has 1 aliphatic rings. The van der Waals surface area contributed by atoms with E-state index < -0.39 is 0 Å². The van der Waals surface area contributed by atoms with Crippen LogP contribution in [-0.4, -0.2) is 41.9 Å². The molecule has 2 heterocycles. The topological polar surface area (TPSA) is 36.7 Å². The number of piperazine rings is 1. The van der Waals surface area contributed by atoms with Crippen LogP contribution in [0.4, 0.5) is 0 Å². The van der Waals surface area contributed by atoms with E-state index in [1.54, 1.807) is 6.07 Å². The van der Waals surface area contributed by atoms with Gasteiger partial charge in [-0.25, -0.2) is 0 Å². The third kappa shape index (κ3) is 3.65. The Balaban J connectivity index is 1.54. The molecule has 1 aromatic carbocycles. The SMILES string of the molecule is O=C(c1ccc(I)o1)N1CCN(Cc2ccccc2)CC1. The summed E-state index contributed by atoms with van der Waals surface area (Å²) < 4.78 is 6.15. The summed E-state index contributed by atoms with van der Waals surface area (Å²) in [6.07, 6.45) is 0. The number of nitrogens with zero attached hydrogens (tertiary/aromatic N) is 2. The summed E-state index contributed by atoms with van der Waals surface area (Å²) in [6, 6.07) is 14.0. The molecule has 21 heavy (non-hydrogen) atoms. The molecule has 0 unspecified atom stereocenters. The molecule has 110 valence electrons. The lowest BCUT2D eigenvalue weighted by atomic mass is 10.2. The standard InChI is InChI=1S/C16H17IN2O2/c17-15-7-6-14(21-15)16(20)19-10-8-18(9-11-19)12-13-4-2-1-3-5-13/h1-7H,8-12H2. The number of carbonyl (C=O) groups excluding carboxylic acids is 1. The minimum absolute atomic E-state index is 0.00252. The van der Waals surface area contributed by atoms with E-state index in [0.29, 0.717) is 5.76 Å². The van der Waals surface area contributed by atoms with Gasteiger partial charge >= 0.3 is 0 Å². The molecule has 0 radical (unpaired) electrons. The Hall–Kier alpha value is -1.34. The average molecular weight is 396 g/mol. The van der Waals surface area contributed by atoms with Gasteiger partial charge in [-0.1, -0.05) is 30.3 Å². The number of amides is 1. The van der Waals surface area contributed by atoms with E-state index in [-0.39, 0.29) is 5.91 Å². The van der Waals surface area contributed by atoms with E-state index in [1.165, 1.54) is 5.56 Å². The van der Waals surface area contributed by atoms with Crippen molar-refractivity contribution in [3.63, 3.8) is 0 Å². The van der Waals surface area contributed by atoms with Crippen LogP contribution in [0.1, 0.15) is 16.1 Å². The molecule has 0 aliphatic carbocycles. The minimum atomic E-state index is -0.00252. The van der Waals surface area contributed by atoms with Crippen molar-refractivity contribution in [1.29, 1.82) is 0 Å². The zero-order valence-corrected chi connectivity index (χ0v) is 13.8. The monoisotopic (exact) mass is 396 g/mol. The Morgan fingerprint density at radius 2 is 1.76 bits per heavy atom. The molecule has 0 bridgehead atoms. The number of rotatable bonds is 3. The number of halogens is 1. The first-order valence-corrected chi connectivity index (χ1v) is 8.11. The fourth-order valence-corrected chi connectivity index (χ4v) is 2.95. The Labute approximate surface area is 137 Å². The van der Waals surface area contributed by atoms with Crippen LogP contribution in [0.25, 0.3) is 0 Å². The number of benzene rings is 1. The third-order valence-corrected chi connectivity index (χ3v) is 4.27. The summed E-state index contributed by atoms with van der Waals surface area (Å²) in [5, 5.41) is 0. The van der Waals surface area contributed by atoms with Gasteiger partial charge in [0.25, 0.3) is 5.91 Å². The van der Waals surface area contributed by atoms with E-state index in [0.717, 1.165) is 36.5 Å². The van der Waals surface area contributed by atoms with Gasteiger partial charge in [0.05, 0.1) is 0 Å². The Morgan fingerprint density at radius 1 is 1.05 bits per heavy atom. The maximum Gasteiger partial charge on any atom is 0.289 e. The molecule has 1 aromatic heterocycles. The lowest BCUT2D eigenvalue weighted by Crippen LogP contribution is -2.48. The van der Waals surface area contributed by atoms with Crippen molar-refractivity contribution in [2.24, 2.45) is 0 Å². The highest BCUT2D eigenvalue weighted by atomic mass is 127. The zero-order valence-electron chi connectivity index (χ0n) is 11.7. The molecule has 1 fully saturated rings. The lowest BCUT2D eigenvalue weighted by molar-refractivity contribution is 0.0596. The highest BCUT2D eigenvalue weighted by molar-refractivity contribution is 14.1. The predicted molar refractivity (Wildman–Crippen MR) is 89.0 cm³/mol. The van der Waals surface area contributed by atoms with Crippen molar-refractivity contribution in [3.05, 3.63) is 57.6 Å². The summed E-state index contributed by atoms with van der Waals surface area (Å²) in [5.41, 5.74) is 1.32. The maximum atomic E-state index is 12.3. The first-order valence-electron chi connectivity index (χ1n) is 7.03. The van der Waals surface area contributed by atoms with Crippen LogP contribution >= 0.6 is 22.6 Å². The molecule has 0 N–H and O–H groups in total. The number of furan rings is 1. The van der Waals surface area contributed by atoms with Crippen molar-refractivity contribution in [3.8, 4) is 0 Å². The van der Waals surface area contributed by atoms with Crippen molar-refractivity contribution in [1.82, 2.24) is 9.80 Å². The Kier molecular flexibility index (Phi) is 4.60. The average Bonchev–Trinajstić information content (AvgIpc) is 2.95. The van der Waals surface area contributed by atoms with E-state index >= 15 is 0 Å². The molecule has 0 atom stereocenters. The molecule has 1 saturated heterocycles. The summed E-state index contributed by atoms with van der Waals surface area (Å²) in [6.45, 7) is 4.25. The van der Waals surface area contributed by atoms with Crippen molar-refractivity contribution in [2.45, 2.75) is 6.54 Å². The van der Waals surface area contributed by atoms with Crippen LogP contribution in [0.3, 0.4) is 0 Å². The van der Waals surface area contributed by atoms with Gasteiger partial charge in [0, 0.05) is 32.7 Å². The van der Waals surface area contributed by atoms with Crippen LogP contribution in [0.5, 0.6) is 0 Å². The van der Waals surface area contributed by atoms with Crippen LogP contribution in [0.15, 0.2) is 46.9 Å². The van der Waals surface area contributed by atoms with Crippen LogP contribution < -0.4 is 0 Å². The highest BCUT2D eigenvalue weighted by Crippen LogP contribution is 2.15. The van der Waals surface area contributed by atoms with Gasteiger partial charge in [-0.05, 0) is 40.3 Å². The second kappa shape index (κ2) is 6.62. The van der Waals surface area contributed by atoms with Gasteiger partial charge in [-0.2, -0.15) is 0 Å². The Bertz CT molecular complexity index is 604. The normalized spacial score (nSPS) is 16.1. The second-order valence-electron chi connectivity index (χ2n) is 5.16. The fraction of sp³-hybridized carbons (Fsp3) is 0.312. The van der Waals surface area contributed by atoms with Gasteiger partial charge in [-0.3, -0.25) is 9.69 Å². The van der Waals surface area contributed by atoms with E-state index in [2.05, 4.69) is 51.8 Å². The van der Waals surface area contributed by atoms with Crippen LogP contribution in [0, 0.1) is 3.77 Å². The van der Waals surface area contributed by atoms with Crippen molar-refractivity contribution in [2.75, 3.05) is 26.2 Å². The van der Waals surface area contributed by atoms with Crippen LogP contribution in [0.2, 0.25) is 0 Å². The van der Waals surface area contributed by atoms with E-state index in [9.17, 15) is 4.79 Å². The summed E-state index contributed by atoms with van der Waals surface area (Å²) in [4.78, 5) is 16.5. The third-order valence-electron chi connectivity index (χ3n) is 3.69. The molecule has 1 aliphatic heterocycles. The molecular formula is C16H17IN2O2. The molecule has 4 nitrogen and oxygen atoms in total. The summed E-state index contributed by atoms with van der Waals surface area (Å²) in [5.74, 6) is 0.438. The predicted octanol–water partition coefficient (Wildman–Crippen LogP) is 2.84. The molecule has 5 heteroatoms. The molecule has 0 saturated carbocycles. The number of carbonyl (C=O) groups is 1. The molecule has 3 rings (SSSR count). The van der Waals surface area contributed by atoms with E-state index in [4.69, 9.17) is 4.42 Å². The molecular weight excluding hydrogens is 379 g/mol. The summed E-state index contributed by atoms with van der Waals surface area (Å²) in [7, 11) is 0. The second-order valence-corrected chi connectivity index (χ2v) is 6.22. The van der Waals surface area contributed by atoms with Gasteiger partial charge < -0.3 is 9.32 Å². The quantitative estimate of drug-likeness (QED) is 0.749. The van der Waals surface area contributed by atoms with Crippen LogP contribution in [-0.2, 0) is 6.54 Å². The molecule has 1 amide bonds. The van der Waals surface area contributed by atoms with Gasteiger partial charge in [-0.15, -0.1) is 0 Å². The first kappa shape index (κ1) is 14.6. The molecule has 0 spiro atoms. The van der Waals surface area contributed by atoms with E-state index in [1.807, 2.05) is 17.0 Å². The zero-order chi connectivity index (χ0) is 14.7. The van der Waals surface area contributed by atoms with Crippen molar-refractivity contribution < 1.29 is 9.21 Å². The van der Waals surface area contributed by atoms with Crippen molar-refractivity contribution >= 4 is 28.5 Å². The number of hydrogen-bond acceptors (Lipinski definition) is 3. The minimum Gasteiger partial charge on any atom is -0.445 e. The maximum absolute atomic E-state index is 12.3. The highest BCUT2D eigenvalue weighted by Gasteiger charge is 2.24. The first-order chi connectivity index (χ1) is 10.2. The largest absolute Gasteiger partial charge is 0.445 e. The molecule has 2 aromatic rings. The van der Waals surface area contributed by atoms with Gasteiger partial charge in [0.15, 0.2) is 9.53 Å². The summed E-state index contributed by atoms with van der Waals surface area (Å²) >= 11 is 2.07. The lowest BCUT2D eigenvalue weighted by Gasteiger charge is -2.34. The smallest absolute Gasteiger partial charge is 0.289 e. The Morgan fingerprint density at radius 3 is 2.38 bits per heavy atom.